The summed E-state index contributed by atoms with van der Waals surface area (Å²) in [4.78, 5) is 18.5. The molecule has 0 fully saturated rings. The molecule has 0 amide bonds. The zero-order chi connectivity index (χ0) is 12.4. The third-order valence-electron chi connectivity index (χ3n) is 3.02. The fourth-order valence-corrected chi connectivity index (χ4v) is 1.77. The molecule has 17 heavy (non-hydrogen) atoms. The van der Waals surface area contributed by atoms with Crippen molar-refractivity contribution in [2.45, 2.75) is 26.7 Å². The number of aromatic nitrogens is 2. The normalized spacial score (nSPS) is 12.8. The molecule has 1 heterocycles. The number of H-pyrrole nitrogens is 1. The Labute approximate surface area is 99.7 Å². The Kier molecular flexibility index (Phi) is 3.13. The van der Waals surface area contributed by atoms with Gasteiger partial charge >= 0.3 is 5.97 Å². The zero-order valence-electron chi connectivity index (χ0n) is 10.0. The second-order valence-electron chi connectivity index (χ2n) is 4.44. The van der Waals surface area contributed by atoms with Crippen LogP contribution in [0.3, 0.4) is 0 Å². The molecular formula is C13H16N2O2. The van der Waals surface area contributed by atoms with Crippen LogP contribution in [0.1, 0.15) is 36.5 Å². The van der Waals surface area contributed by atoms with E-state index in [1.54, 1.807) is 18.2 Å². The van der Waals surface area contributed by atoms with Crippen LogP contribution in [0.25, 0.3) is 11.0 Å². The summed E-state index contributed by atoms with van der Waals surface area (Å²) < 4.78 is 0. The summed E-state index contributed by atoms with van der Waals surface area (Å²) in [5, 5.41) is 8.90. The Morgan fingerprint density at radius 3 is 2.94 bits per heavy atom. The fraction of sp³-hybridized carbons (Fsp3) is 0.385. The minimum Gasteiger partial charge on any atom is -0.478 e. The first-order chi connectivity index (χ1) is 8.10. The van der Waals surface area contributed by atoms with Crippen LogP contribution < -0.4 is 0 Å². The molecule has 1 unspecified atom stereocenters. The first-order valence-corrected chi connectivity index (χ1v) is 5.82. The van der Waals surface area contributed by atoms with Crippen molar-refractivity contribution in [1.29, 1.82) is 0 Å². The summed E-state index contributed by atoms with van der Waals surface area (Å²) in [5.41, 5.74) is 1.91. The van der Waals surface area contributed by atoms with E-state index >= 15 is 0 Å². The third-order valence-corrected chi connectivity index (χ3v) is 3.02. The van der Waals surface area contributed by atoms with Gasteiger partial charge in [0, 0.05) is 6.42 Å². The lowest BCUT2D eigenvalue weighted by Crippen LogP contribution is -1.99. The van der Waals surface area contributed by atoms with Gasteiger partial charge in [-0.15, -0.1) is 0 Å². The van der Waals surface area contributed by atoms with E-state index < -0.39 is 5.97 Å². The molecule has 4 nitrogen and oxygen atoms in total. The quantitative estimate of drug-likeness (QED) is 0.851. The lowest BCUT2D eigenvalue weighted by atomic mass is 10.1. The van der Waals surface area contributed by atoms with Crippen molar-refractivity contribution >= 4 is 17.0 Å². The number of carboxylic acids is 1. The second kappa shape index (κ2) is 4.57. The topological polar surface area (TPSA) is 66.0 Å². The number of nitrogens with one attached hydrogen (secondary N) is 1. The van der Waals surface area contributed by atoms with Crippen LogP contribution in [0, 0.1) is 5.92 Å². The fourth-order valence-electron chi connectivity index (χ4n) is 1.77. The molecule has 1 atom stereocenters. The molecule has 0 radical (unpaired) electrons. The third kappa shape index (κ3) is 2.46. The van der Waals surface area contributed by atoms with Gasteiger partial charge in [-0.2, -0.15) is 0 Å². The number of carbonyl (C=O) groups is 1. The Morgan fingerprint density at radius 1 is 1.53 bits per heavy atom. The molecule has 1 aromatic carbocycles. The predicted molar refractivity (Wildman–Crippen MR) is 66.2 cm³/mol. The Bertz CT molecular complexity index is 545. The number of hydrogen-bond acceptors (Lipinski definition) is 2. The number of fused-ring (bicyclic) bond motifs is 1. The SMILES string of the molecule is CCC(C)Cc1nc2ccc(C(=O)O)cc2[nH]1. The van der Waals surface area contributed by atoms with E-state index in [1.807, 2.05) is 0 Å². The highest BCUT2D eigenvalue weighted by molar-refractivity contribution is 5.92. The van der Waals surface area contributed by atoms with Crippen LogP contribution >= 0.6 is 0 Å². The molecule has 2 aromatic rings. The van der Waals surface area contributed by atoms with Crippen LogP contribution in [0.15, 0.2) is 18.2 Å². The van der Waals surface area contributed by atoms with Crippen molar-refractivity contribution in [3.8, 4) is 0 Å². The molecule has 0 saturated carbocycles. The predicted octanol–water partition coefficient (Wildman–Crippen LogP) is 2.85. The van der Waals surface area contributed by atoms with E-state index in [-0.39, 0.29) is 5.56 Å². The lowest BCUT2D eigenvalue weighted by Gasteiger charge is -2.03. The van der Waals surface area contributed by atoms with Gasteiger partial charge in [-0.1, -0.05) is 20.3 Å². The van der Waals surface area contributed by atoms with Crippen LogP contribution in [0.4, 0.5) is 0 Å². The van der Waals surface area contributed by atoms with Crippen molar-refractivity contribution < 1.29 is 9.90 Å². The monoisotopic (exact) mass is 232 g/mol. The highest BCUT2D eigenvalue weighted by atomic mass is 16.4. The Hall–Kier alpha value is -1.84. The van der Waals surface area contributed by atoms with E-state index in [0.717, 1.165) is 29.7 Å². The number of imidazole rings is 1. The largest absolute Gasteiger partial charge is 0.478 e. The average molecular weight is 232 g/mol. The van der Waals surface area contributed by atoms with Crippen molar-refractivity contribution in [3.63, 3.8) is 0 Å². The van der Waals surface area contributed by atoms with Gasteiger partial charge < -0.3 is 10.1 Å². The van der Waals surface area contributed by atoms with E-state index in [9.17, 15) is 4.79 Å². The number of rotatable bonds is 4. The average Bonchev–Trinajstić information content (AvgIpc) is 2.69. The van der Waals surface area contributed by atoms with Crippen LogP contribution in [-0.4, -0.2) is 21.0 Å². The van der Waals surface area contributed by atoms with E-state index in [1.165, 1.54) is 0 Å². The van der Waals surface area contributed by atoms with Gasteiger partial charge in [-0.3, -0.25) is 0 Å². The molecule has 4 heteroatoms. The zero-order valence-corrected chi connectivity index (χ0v) is 10.0. The molecule has 2 rings (SSSR count). The van der Waals surface area contributed by atoms with Crippen molar-refractivity contribution in [2.24, 2.45) is 5.92 Å². The lowest BCUT2D eigenvalue weighted by molar-refractivity contribution is 0.0697. The van der Waals surface area contributed by atoms with Gasteiger partial charge in [-0.05, 0) is 24.1 Å². The first kappa shape index (κ1) is 11.6. The molecular weight excluding hydrogens is 216 g/mol. The van der Waals surface area contributed by atoms with Crippen molar-refractivity contribution in [2.75, 3.05) is 0 Å². The molecule has 0 bridgehead atoms. The van der Waals surface area contributed by atoms with Crippen LogP contribution in [-0.2, 0) is 6.42 Å². The maximum absolute atomic E-state index is 10.8. The standard InChI is InChI=1S/C13H16N2O2/c1-3-8(2)6-12-14-10-5-4-9(13(16)17)7-11(10)15-12/h4-5,7-8H,3,6H2,1-2H3,(H,14,15)(H,16,17). The summed E-state index contributed by atoms with van der Waals surface area (Å²) in [5.74, 6) is 0.594. The maximum atomic E-state index is 10.8. The minimum absolute atomic E-state index is 0.288. The molecule has 0 spiro atoms. The van der Waals surface area contributed by atoms with E-state index in [4.69, 9.17) is 5.11 Å². The maximum Gasteiger partial charge on any atom is 0.335 e. The van der Waals surface area contributed by atoms with E-state index in [0.29, 0.717) is 5.92 Å². The molecule has 0 saturated heterocycles. The van der Waals surface area contributed by atoms with E-state index in [2.05, 4.69) is 23.8 Å². The van der Waals surface area contributed by atoms with Gasteiger partial charge in [0.2, 0.25) is 0 Å². The van der Waals surface area contributed by atoms with Gasteiger partial charge in [-0.25, -0.2) is 9.78 Å². The van der Waals surface area contributed by atoms with Gasteiger partial charge in [0.15, 0.2) is 0 Å². The Morgan fingerprint density at radius 2 is 2.29 bits per heavy atom. The number of aromatic amines is 1. The molecule has 0 aliphatic rings. The summed E-state index contributed by atoms with van der Waals surface area (Å²) in [6.07, 6.45) is 2.00. The highest BCUT2D eigenvalue weighted by Crippen LogP contribution is 2.16. The van der Waals surface area contributed by atoms with Crippen molar-refractivity contribution in [3.05, 3.63) is 29.6 Å². The smallest absolute Gasteiger partial charge is 0.335 e. The Balaban J connectivity index is 2.33. The molecule has 1 aromatic heterocycles. The van der Waals surface area contributed by atoms with Gasteiger partial charge in [0.05, 0.1) is 16.6 Å². The molecule has 0 aliphatic carbocycles. The number of hydrogen-bond donors (Lipinski definition) is 2. The minimum atomic E-state index is -0.912. The summed E-state index contributed by atoms with van der Waals surface area (Å²) >= 11 is 0. The number of benzene rings is 1. The summed E-state index contributed by atoms with van der Waals surface area (Å²) in [6, 6.07) is 4.96. The van der Waals surface area contributed by atoms with Gasteiger partial charge in [0.25, 0.3) is 0 Å². The van der Waals surface area contributed by atoms with Crippen LogP contribution in [0.2, 0.25) is 0 Å². The second-order valence-corrected chi connectivity index (χ2v) is 4.44. The number of nitrogens with zero attached hydrogens (tertiary/aromatic N) is 1. The summed E-state index contributed by atoms with van der Waals surface area (Å²) in [7, 11) is 0. The highest BCUT2D eigenvalue weighted by Gasteiger charge is 2.09. The van der Waals surface area contributed by atoms with Gasteiger partial charge in [0.1, 0.15) is 5.82 Å². The van der Waals surface area contributed by atoms with Crippen molar-refractivity contribution in [1.82, 2.24) is 9.97 Å². The first-order valence-electron chi connectivity index (χ1n) is 5.82. The molecule has 90 valence electrons. The summed E-state index contributed by atoms with van der Waals surface area (Å²) in [6.45, 7) is 4.33. The van der Waals surface area contributed by atoms with Crippen LogP contribution in [0.5, 0.6) is 0 Å². The number of carboxylic acid groups (broad SMARTS) is 1. The number of aromatic carboxylic acids is 1. The molecule has 2 N–H and O–H groups in total. The molecule has 0 aliphatic heterocycles.